The topological polar surface area (TPSA) is 21.3 Å². The summed E-state index contributed by atoms with van der Waals surface area (Å²) in [5, 5.41) is 4.12. The van der Waals surface area contributed by atoms with Gasteiger partial charge in [-0.2, -0.15) is 0 Å². The van der Waals surface area contributed by atoms with Crippen LogP contribution in [-0.2, 0) is 11.2 Å². The molecule has 1 N–H and O–H groups in total. The van der Waals surface area contributed by atoms with Gasteiger partial charge in [0.2, 0.25) is 0 Å². The Morgan fingerprint density at radius 2 is 2.18 bits per heavy atom. The maximum atomic E-state index is 6.21. The van der Waals surface area contributed by atoms with Crippen molar-refractivity contribution in [2.75, 3.05) is 14.2 Å². The number of halogens is 2. The Hall–Kier alpha value is -0.0900. The standard InChI is InChI=1S/C13H19BrClNO/c1-9(17-3)6-12(16-2)7-10-4-5-11(14)8-13(10)15/h4-5,8-9,12,16H,6-7H2,1-3H3. The van der Waals surface area contributed by atoms with Crippen LogP contribution >= 0.6 is 27.5 Å². The molecule has 0 fully saturated rings. The van der Waals surface area contributed by atoms with Crippen LogP contribution in [-0.4, -0.2) is 26.3 Å². The third-order valence-corrected chi connectivity index (χ3v) is 3.75. The van der Waals surface area contributed by atoms with Crippen molar-refractivity contribution in [3.05, 3.63) is 33.3 Å². The smallest absolute Gasteiger partial charge is 0.0558 e. The molecular weight excluding hydrogens is 302 g/mol. The van der Waals surface area contributed by atoms with E-state index < -0.39 is 0 Å². The first-order chi connectivity index (χ1) is 8.06. The number of likely N-dealkylation sites (N-methyl/N-ethyl adjacent to an activating group) is 1. The molecule has 1 rings (SSSR count). The molecule has 1 aromatic carbocycles. The number of ether oxygens (including phenoxy) is 1. The van der Waals surface area contributed by atoms with Crippen molar-refractivity contribution >= 4 is 27.5 Å². The molecule has 0 amide bonds. The van der Waals surface area contributed by atoms with Crippen LogP contribution in [0, 0.1) is 0 Å². The average molecular weight is 321 g/mol. The molecule has 0 aliphatic heterocycles. The second-order valence-corrected chi connectivity index (χ2v) is 5.53. The highest BCUT2D eigenvalue weighted by Crippen LogP contribution is 2.23. The Labute approximate surface area is 117 Å². The van der Waals surface area contributed by atoms with Gasteiger partial charge in [-0.05, 0) is 44.5 Å². The third kappa shape index (κ3) is 4.96. The summed E-state index contributed by atoms with van der Waals surface area (Å²) in [6.45, 7) is 2.08. The Balaban J connectivity index is 2.67. The predicted molar refractivity (Wildman–Crippen MR) is 76.8 cm³/mol. The number of rotatable bonds is 6. The normalized spacial score (nSPS) is 14.6. The molecule has 2 unspecified atom stereocenters. The van der Waals surface area contributed by atoms with Crippen molar-refractivity contribution in [3.8, 4) is 0 Å². The van der Waals surface area contributed by atoms with Crippen LogP contribution in [0.1, 0.15) is 18.9 Å². The number of nitrogens with one attached hydrogen (secondary N) is 1. The van der Waals surface area contributed by atoms with E-state index in [1.165, 1.54) is 0 Å². The van der Waals surface area contributed by atoms with E-state index in [1.807, 2.05) is 19.2 Å². The average Bonchev–Trinajstić information content (AvgIpc) is 2.31. The van der Waals surface area contributed by atoms with E-state index in [9.17, 15) is 0 Å². The molecule has 0 radical (unpaired) electrons. The Kier molecular flexibility index (Phi) is 6.49. The van der Waals surface area contributed by atoms with Gasteiger partial charge in [0.05, 0.1) is 6.10 Å². The molecule has 1 aromatic rings. The van der Waals surface area contributed by atoms with Crippen LogP contribution < -0.4 is 5.32 Å². The molecular formula is C13H19BrClNO. The van der Waals surface area contributed by atoms with Gasteiger partial charge in [-0.15, -0.1) is 0 Å². The lowest BCUT2D eigenvalue weighted by atomic mass is 10.0. The highest BCUT2D eigenvalue weighted by molar-refractivity contribution is 9.10. The van der Waals surface area contributed by atoms with Crippen LogP contribution in [0.3, 0.4) is 0 Å². The van der Waals surface area contributed by atoms with Crippen LogP contribution in [0.15, 0.2) is 22.7 Å². The predicted octanol–water partition coefficient (Wildman–Crippen LogP) is 3.66. The lowest BCUT2D eigenvalue weighted by Gasteiger charge is -2.20. The first-order valence-electron chi connectivity index (χ1n) is 5.70. The molecule has 0 aliphatic rings. The second-order valence-electron chi connectivity index (χ2n) is 4.21. The van der Waals surface area contributed by atoms with E-state index in [2.05, 4.69) is 34.2 Å². The van der Waals surface area contributed by atoms with Crippen molar-refractivity contribution in [1.29, 1.82) is 0 Å². The van der Waals surface area contributed by atoms with Crippen LogP contribution in [0.4, 0.5) is 0 Å². The maximum absolute atomic E-state index is 6.21. The Morgan fingerprint density at radius 1 is 1.47 bits per heavy atom. The highest BCUT2D eigenvalue weighted by Gasteiger charge is 2.13. The van der Waals surface area contributed by atoms with E-state index in [4.69, 9.17) is 16.3 Å². The molecule has 17 heavy (non-hydrogen) atoms. The molecule has 0 aromatic heterocycles. The van der Waals surface area contributed by atoms with Crippen molar-refractivity contribution in [2.45, 2.75) is 31.9 Å². The number of methoxy groups -OCH3 is 1. The van der Waals surface area contributed by atoms with Crippen molar-refractivity contribution in [3.63, 3.8) is 0 Å². The molecule has 0 saturated carbocycles. The van der Waals surface area contributed by atoms with Crippen LogP contribution in [0.25, 0.3) is 0 Å². The molecule has 0 spiro atoms. The number of hydrogen-bond acceptors (Lipinski definition) is 2. The summed E-state index contributed by atoms with van der Waals surface area (Å²) in [6.07, 6.45) is 2.14. The molecule has 96 valence electrons. The van der Waals surface area contributed by atoms with Crippen molar-refractivity contribution in [1.82, 2.24) is 5.32 Å². The fourth-order valence-electron chi connectivity index (χ4n) is 1.75. The maximum Gasteiger partial charge on any atom is 0.0558 e. The number of benzene rings is 1. The zero-order valence-electron chi connectivity index (χ0n) is 10.5. The van der Waals surface area contributed by atoms with Crippen molar-refractivity contribution in [2.24, 2.45) is 0 Å². The minimum absolute atomic E-state index is 0.252. The van der Waals surface area contributed by atoms with E-state index >= 15 is 0 Å². The van der Waals surface area contributed by atoms with E-state index in [1.54, 1.807) is 7.11 Å². The van der Waals surface area contributed by atoms with Crippen LogP contribution in [0.2, 0.25) is 5.02 Å². The molecule has 0 saturated heterocycles. The minimum Gasteiger partial charge on any atom is -0.382 e. The van der Waals surface area contributed by atoms with Gasteiger partial charge in [0, 0.05) is 22.6 Å². The van der Waals surface area contributed by atoms with Gasteiger partial charge in [0.15, 0.2) is 0 Å². The fraction of sp³-hybridized carbons (Fsp3) is 0.538. The fourth-order valence-corrected chi connectivity index (χ4v) is 2.50. The van der Waals surface area contributed by atoms with Crippen LogP contribution in [0.5, 0.6) is 0 Å². The van der Waals surface area contributed by atoms with Gasteiger partial charge in [-0.3, -0.25) is 0 Å². The van der Waals surface area contributed by atoms with E-state index in [0.717, 1.165) is 27.9 Å². The zero-order chi connectivity index (χ0) is 12.8. The molecule has 2 nitrogen and oxygen atoms in total. The van der Waals surface area contributed by atoms with Gasteiger partial charge in [0.25, 0.3) is 0 Å². The largest absolute Gasteiger partial charge is 0.382 e. The third-order valence-electron chi connectivity index (χ3n) is 2.91. The van der Waals surface area contributed by atoms with Gasteiger partial charge in [-0.1, -0.05) is 33.6 Å². The SMILES string of the molecule is CNC(Cc1ccc(Br)cc1Cl)CC(C)OC. The van der Waals surface area contributed by atoms with Gasteiger partial charge < -0.3 is 10.1 Å². The first-order valence-corrected chi connectivity index (χ1v) is 6.88. The summed E-state index contributed by atoms with van der Waals surface area (Å²) < 4.78 is 6.30. The molecule has 4 heteroatoms. The lowest BCUT2D eigenvalue weighted by Crippen LogP contribution is -2.31. The summed E-state index contributed by atoms with van der Waals surface area (Å²) in [4.78, 5) is 0. The van der Waals surface area contributed by atoms with Crippen molar-refractivity contribution < 1.29 is 4.74 Å². The monoisotopic (exact) mass is 319 g/mol. The summed E-state index contributed by atoms with van der Waals surface area (Å²) in [5.41, 5.74) is 1.16. The summed E-state index contributed by atoms with van der Waals surface area (Å²) in [5.74, 6) is 0. The van der Waals surface area contributed by atoms with E-state index in [0.29, 0.717) is 6.04 Å². The van der Waals surface area contributed by atoms with Gasteiger partial charge >= 0.3 is 0 Å². The zero-order valence-corrected chi connectivity index (χ0v) is 12.8. The first kappa shape index (κ1) is 15.0. The summed E-state index contributed by atoms with van der Waals surface area (Å²) in [6, 6.07) is 6.40. The lowest BCUT2D eigenvalue weighted by molar-refractivity contribution is 0.101. The van der Waals surface area contributed by atoms with E-state index in [-0.39, 0.29) is 6.10 Å². The quantitative estimate of drug-likeness (QED) is 0.864. The molecule has 2 atom stereocenters. The Bertz CT molecular complexity index is 359. The molecule has 0 aliphatic carbocycles. The molecule has 0 bridgehead atoms. The Morgan fingerprint density at radius 3 is 2.71 bits per heavy atom. The number of hydrogen-bond donors (Lipinski definition) is 1. The minimum atomic E-state index is 0.252. The summed E-state index contributed by atoms with van der Waals surface area (Å²) >= 11 is 9.62. The van der Waals surface area contributed by atoms with Gasteiger partial charge in [-0.25, -0.2) is 0 Å². The highest BCUT2D eigenvalue weighted by atomic mass is 79.9. The van der Waals surface area contributed by atoms with Gasteiger partial charge in [0.1, 0.15) is 0 Å². The summed E-state index contributed by atoms with van der Waals surface area (Å²) in [7, 11) is 3.71. The second kappa shape index (κ2) is 7.37. The molecule has 0 heterocycles.